The van der Waals surface area contributed by atoms with E-state index in [0.717, 1.165) is 30.5 Å². The molecule has 0 amide bonds. The Morgan fingerprint density at radius 2 is 2.40 bits per heavy atom. The number of fused-ring (bicyclic) bond motifs is 1. The van der Waals surface area contributed by atoms with Gasteiger partial charge in [0, 0.05) is 24.7 Å². The maximum Gasteiger partial charge on any atom is 0.103 e. The molecular weight excluding hydrogens is 274 g/mol. The van der Waals surface area contributed by atoms with Gasteiger partial charge in [0.2, 0.25) is 0 Å². The van der Waals surface area contributed by atoms with E-state index < -0.39 is 0 Å². The van der Waals surface area contributed by atoms with Crippen molar-refractivity contribution in [2.75, 3.05) is 18.5 Å². The lowest BCUT2D eigenvalue weighted by Gasteiger charge is -2.15. The van der Waals surface area contributed by atoms with Crippen molar-refractivity contribution in [2.45, 2.75) is 18.9 Å². The van der Waals surface area contributed by atoms with Crippen LogP contribution in [0, 0.1) is 11.3 Å². The number of nitriles is 1. The molecule has 0 spiro atoms. The molecule has 0 radical (unpaired) electrons. The minimum Gasteiger partial charge on any atom is -0.381 e. The quantitative estimate of drug-likeness (QED) is 0.940. The summed E-state index contributed by atoms with van der Waals surface area (Å²) in [5, 5.41) is 14.0. The van der Waals surface area contributed by atoms with Crippen molar-refractivity contribution in [3.05, 3.63) is 35.0 Å². The molecule has 0 saturated carbocycles. The molecule has 2 aromatic rings. The zero-order valence-electron chi connectivity index (χ0n) is 10.9. The third-order valence-corrected chi connectivity index (χ3v) is 3.80. The molecule has 4 nitrogen and oxygen atoms in total. The average molecular weight is 288 g/mol. The Morgan fingerprint density at radius 3 is 3.15 bits per heavy atom. The van der Waals surface area contributed by atoms with Gasteiger partial charge in [0.05, 0.1) is 27.9 Å². The number of nitrogens with one attached hydrogen (secondary N) is 1. The molecule has 3 rings (SSSR count). The van der Waals surface area contributed by atoms with Crippen LogP contribution >= 0.6 is 11.6 Å². The van der Waals surface area contributed by atoms with Gasteiger partial charge in [-0.25, -0.2) is 0 Å². The lowest BCUT2D eigenvalue weighted by atomic mass is 10.1. The summed E-state index contributed by atoms with van der Waals surface area (Å²) in [5.41, 5.74) is 2.02. The summed E-state index contributed by atoms with van der Waals surface area (Å²) in [4.78, 5) is 4.27. The lowest BCUT2D eigenvalue weighted by Crippen LogP contribution is -2.19. The standard InChI is InChI=1S/C15H14ClN3O/c16-13-5-1-4-12-14(10(7-17)8-18-15(12)13)19-9-11-3-2-6-20-11/h1,4-5,8,11H,2-3,6,9H2,(H,18,19). The van der Waals surface area contributed by atoms with Crippen LogP contribution in [0.3, 0.4) is 0 Å². The fourth-order valence-electron chi connectivity index (χ4n) is 2.48. The van der Waals surface area contributed by atoms with Gasteiger partial charge in [-0.2, -0.15) is 5.26 Å². The van der Waals surface area contributed by atoms with Crippen LogP contribution in [0.15, 0.2) is 24.4 Å². The molecular formula is C15H14ClN3O. The third-order valence-electron chi connectivity index (χ3n) is 3.50. The van der Waals surface area contributed by atoms with Crippen LogP contribution in [0.4, 0.5) is 5.69 Å². The highest BCUT2D eigenvalue weighted by Crippen LogP contribution is 2.30. The summed E-state index contributed by atoms with van der Waals surface area (Å²) < 4.78 is 5.60. The molecule has 0 bridgehead atoms. The van der Waals surface area contributed by atoms with Crippen LogP contribution in [-0.4, -0.2) is 24.2 Å². The first-order chi connectivity index (χ1) is 9.79. The SMILES string of the molecule is N#Cc1cnc2c(Cl)cccc2c1NCC1CCCO1. The van der Waals surface area contributed by atoms with Crippen LogP contribution < -0.4 is 5.32 Å². The Morgan fingerprint density at radius 1 is 1.50 bits per heavy atom. The van der Waals surface area contributed by atoms with E-state index >= 15 is 0 Å². The molecule has 1 aliphatic heterocycles. The highest BCUT2D eigenvalue weighted by atomic mass is 35.5. The summed E-state index contributed by atoms with van der Waals surface area (Å²) in [6, 6.07) is 7.76. The van der Waals surface area contributed by atoms with Crippen LogP contribution in [0.5, 0.6) is 0 Å². The van der Waals surface area contributed by atoms with Crippen LogP contribution in [0.25, 0.3) is 10.9 Å². The molecule has 1 atom stereocenters. The van der Waals surface area contributed by atoms with Gasteiger partial charge < -0.3 is 10.1 Å². The second-order valence-electron chi connectivity index (χ2n) is 4.81. The van der Waals surface area contributed by atoms with Gasteiger partial charge >= 0.3 is 0 Å². The number of rotatable bonds is 3. The molecule has 1 N–H and O–H groups in total. The average Bonchev–Trinajstić information content (AvgIpc) is 2.98. The van der Waals surface area contributed by atoms with Crippen molar-refractivity contribution in [1.82, 2.24) is 4.98 Å². The van der Waals surface area contributed by atoms with Crippen LogP contribution in [-0.2, 0) is 4.74 Å². The minimum atomic E-state index is 0.212. The Hall–Kier alpha value is -1.83. The predicted molar refractivity (Wildman–Crippen MR) is 78.9 cm³/mol. The zero-order chi connectivity index (χ0) is 13.9. The summed E-state index contributed by atoms with van der Waals surface area (Å²) >= 11 is 6.15. The first-order valence-corrected chi connectivity index (χ1v) is 7.00. The highest BCUT2D eigenvalue weighted by molar-refractivity contribution is 6.35. The van der Waals surface area contributed by atoms with Gasteiger partial charge in [0.15, 0.2) is 0 Å². The van der Waals surface area contributed by atoms with Crippen molar-refractivity contribution in [1.29, 1.82) is 5.26 Å². The molecule has 0 aliphatic carbocycles. The minimum absolute atomic E-state index is 0.212. The van der Waals surface area contributed by atoms with Crippen molar-refractivity contribution < 1.29 is 4.74 Å². The van der Waals surface area contributed by atoms with Gasteiger partial charge in [-0.05, 0) is 18.9 Å². The van der Waals surface area contributed by atoms with Gasteiger partial charge in [0.25, 0.3) is 0 Å². The molecule has 1 fully saturated rings. The molecule has 1 aliphatic rings. The predicted octanol–water partition coefficient (Wildman–Crippen LogP) is 3.35. The maximum absolute atomic E-state index is 9.24. The van der Waals surface area contributed by atoms with E-state index in [0.29, 0.717) is 22.6 Å². The number of aromatic nitrogens is 1. The first-order valence-electron chi connectivity index (χ1n) is 6.62. The van der Waals surface area contributed by atoms with Crippen LogP contribution in [0.1, 0.15) is 18.4 Å². The summed E-state index contributed by atoms with van der Waals surface area (Å²) in [5.74, 6) is 0. The smallest absolute Gasteiger partial charge is 0.103 e. The number of halogens is 1. The van der Waals surface area contributed by atoms with E-state index in [9.17, 15) is 5.26 Å². The molecule has 102 valence electrons. The molecule has 1 saturated heterocycles. The van der Waals surface area contributed by atoms with Gasteiger partial charge in [-0.15, -0.1) is 0 Å². The Bertz CT molecular complexity index is 675. The van der Waals surface area contributed by atoms with E-state index in [-0.39, 0.29) is 6.10 Å². The van der Waals surface area contributed by atoms with Gasteiger partial charge in [-0.1, -0.05) is 23.7 Å². The fourth-order valence-corrected chi connectivity index (χ4v) is 2.71. The normalized spacial score (nSPS) is 18.1. The second-order valence-corrected chi connectivity index (χ2v) is 5.22. The molecule has 1 unspecified atom stereocenters. The number of benzene rings is 1. The first kappa shape index (κ1) is 13.2. The molecule has 1 aromatic heterocycles. The summed E-state index contributed by atoms with van der Waals surface area (Å²) in [7, 11) is 0. The molecule has 5 heteroatoms. The number of hydrogen-bond acceptors (Lipinski definition) is 4. The molecule has 20 heavy (non-hydrogen) atoms. The van der Waals surface area contributed by atoms with E-state index in [1.807, 2.05) is 12.1 Å². The number of nitrogens with zero attached hydrogens (tertiary/aromatic N) is 2. The maximum atomic E-state index is 9.24. The lowest BCUT2D eigenvalue weighted by molar-refractivity contribution is 0.120. The highest BCUT2D eigenvalue weighted by Gasteiger charge is 2.17. The van der Waals surface area contributed by atoms with Crippen molar-refractivity contribution in [3.63, 3.8) is 0 Å². The Kier molecular flexibility index (Phi) is 3.72. The molecule has 1 aromatic carbocycles. The van der Waals surface area contributed by atoms with Gasteiger partial charge in [0.1, 0.15) is 6.07 Å². The van der Waals surface area contributed by atoms with Crippen molar-refractivity contribution >= 4 is 28.2 Å². The number of hydrogen-bond donors (Lipinski definition) is 1. The fraction of sp³-hybridized carbons (Fsp3) is 0.333. The topological polar surface area (TPSA) is 57.9 Å². The Labute approximate surface area is 122 Å². The Balaban J connectivity index is 1.98. The summed E-state index contributed by atoms with van der Waals surface area (Å²) in [6.07, 6.45) is 3.93. The van der Waals surface area contributed by atoms with E-state index in [2.05, 4.69) is 16.4 Å². The zero-order valence-corrected chi connectivity index (χ0v) is 11.7. The van der Waals surface area contributed by atoms with Crippen LogP contribution in [0.2, 0.25) is 5.02 Å². The van der Waals surface area contributed by atoms with Gasteiger partial charge in [-0.3, -0.25) is 4.98 Å². The number of ether oxygens (including phenoxy) is 1. The monoisotopic (exact) mass is 287 g/mol. The third kappa shape index (κ3) is 2.43. The van der Waals surface area contributed by atoms with E-state index in [1.165, 1.54) is 0 Å². The largest absolute Gasteiger partial charge is 0.381 e. The second kappa shape index (κ2) is 5.66. The number of anilines is 1. The van der Waals surface area contributed by atoms with Crippen molar-refractivity contribution in [2.24, 2.45) is 0 Å². The van der Waals surface area contributed by atoms with Crippen molar-refractivity contribution in [3.8, 4) is 6.07 Å². The number of para-hydroxylation sites is 1. The molecule has 2 heterocycles. The number of pyridine rings is 1. The van der Waals surface area contributed by atoms with E-state index in [1.54, 1.807) is 12.3 Å². The van der Waals surface area contributed by atoms with E-state index in [4.69, 9.17) is 16.3 Å². The summed E-state index contributed by atoms with van der Waals surface area (Å²) in [6.45, 7) is 1.51.